The summed E-state index contributed by atoms with van der Waals surface area (Å²) in [5, 5.41) is 16.4. The number of aromatic nitrogens is 2. The maximum atomic E-state index is 11.4. The van der Waals surface area contributed by atoms with Crippen LogP contribution in [0.4, 0.5) is 0 Å². The molecule has 4 nitrogen and oxygen atoms in total. The maximum absolute atomic E-state index is 11.4. The van der Waals surface area contributed by atoms with Crippen molar-refractivity contribution in [3.63, 3.8) is 0 Å². The molecule has 4 heteroatoms. The predicted octanol–water partition coefficient (Wildman–Crippen LogP) is 0.724. The fraction of sp³-hybridized carbons (Fsp3) is 0.200. The molecule has 0 fully saturated rings. The molecule has 0 aliphatic heterocycles. The highest BCUT2D eigenvalue weighted by Crippen LogP contribution is 2.14. The lowest BCUT2D eigenvalue weighted by molar-refractivity contribution is 0.277. The van der Waals surface area contributed by atoms with Gasteiger partial charge < -0.3 is 5.11 Å². The fourth-order valence-corrected chi connectivity index (χ4v) is 1.45. The molecule has 0 saturated heterocycles. The molecule has 72 valence electrons. The molecule has 2 N–H and O–H groups in total. The highest BCUT2D eigenvalue weighted by Gasteiger charge is 2.04. The van der Waals surface area contributed by atoms with E-state index in [0.29, 0.717) is 11.1 Å². The molecule has 0 saturated carbocycles. The van der Waals surface area contributed by atoms with E-state index in [0.717, 1.165) is 10.9 Å². The van der Waals surface area contributed by atoms with Crippen molar-refractivity contribution < 1.29 is 5.11 Å². The molecule has 2 aromatic rings. The standard InChI is InChI=1S/C10H10N2O2/c1-6-2-3-7-8(4-6)9(5-13)11-12-10(7)14/h2-4,13H,5H2,1H3,(H,12,14). The zero-order valence-corrected chi connectivity index (χ0v) is 7.74. The Hall–Kier alpha value is -1.68. The molecule has 0 unspecified atom stereocenters. The van der Waals surface area contributed by atoms with Crippen LogP contribution in [0.1, 0.15) is 11.3 Å². The van der Waals surface area contributed by atoms with E-state index in [1.807, 2.05) is 19.1 Å². The van der Waals surface area contributed by atoms with E-state index in [2.05, 4.69) is 10.2 Å². The number of hydrogen-bond acceptors (Lipinski definition) is 3. The zero-order valence-electron chi connectivity index (χ0n) is 7.74. The van der Waals surface area contributed by atoms with E-state index in [1.54, 1.807) is 6.07 Å². The summed E-state index contributed by atoms with van der Waals surface area (Å²) < 4.78 is 0. The number of fused-ring (bicyclic) bond motifs is 1. The molecular weight excluding hydrogens is 180 g/mol. The van der Waals surface area contributed by atoms with Crippen molar-refractivity contribution in [1.29, 1.82) is 0 Å². The van der Waals surface area contributed by atoms with Crippen LogP contribution in [0.15, 0.2) is 23.0 Å². The minimum atomic E-state index is -0.225. The number of nitrogens with one attached hydrogen (secondary N) is 1. The highest BCUT2D eigenvalue weighted by atomic mass is 16.3. The van der Waals surface area contributed by atoms with Crippen LogP contribution in [-0.2, 0) is 6.61 Å². The van der Waals surface area contributed by atoms with Crippen LogP contribution in [-0.4, -0.2) is 15.3 Å². The first-order valence-corrected chi connectivity index (χ1v) is 4.31. The second-order valence-corrected chi connectivity index (χ2v) is 3.21. The topological polar surface area (TPSA) is 66.0 Å². The Morgan fingerprint density at radius 2 is 2.21 bits per heavy atom. The van der Waals surface area contributed by atoms with Crippen molar-refractivity contribution in [3.05, 3.63) is 39.8 Å². The number of aliphatic hydroxyl groups is 1. The second-order valence-electron chi connectivity index (χ2n) is 3.21. The molecule has 1 aromatic carbocycles. The fourth-order valence-electron chi connectivity index (χ4n) is 1.45. The second kappa shape index (κ2) is 3.23. The predicted molar refractivity (Wildman–Crippen MR) is 53.0 cm³/mol. The van der Waals surface area contributed by atoms with E-state index in [9.17, 15) is 4.79 Å². The summed E-state index contributed by atoms with van der Waals surface area (Å²) in [5.41, 5.74) is 1.32. The Bertz CT molecular complexity index is 531. The highest BCUT2D eigenvalue weighted by molar-refractivity contribution is 5.84. The van der Waals surface area contributed by atoms with Crippen LogP contribution < -0.4 is 5.56 Å². The number of benzene rings is 1. The molecule has 0 atom stereocenters. The van der Waals surface area contributed by atoms with Crippen molar-refractivity contribution in [2.45, 2.75) is 13.5 Å². The molecule has 0 bridgehead atoms. The van der Waals surface area contributed by atoms with Crippen LogP contribution in [0.2, 0.25) is 0 Å². The summed E-state index contributed by atoms with van der Waals surface area (Å²) >= 11 is 0. The zero-order chi connectivity index (χ0) is 10.1. The number of aromatic amines is 1. The van der Waals surface area contributed by atoms with Crippen molar-refractivity contribution in [2.24, 2.45) is 0 Å². The molecule has 0 aliphatic rings. The normalized spacial score (nSPS) is 10.7. The molecule has 0 radical (unpaired) electrons. The summed E-state index contributed by atoms with van der Waals surface area (Å²) in [7, 11) is 0. The van der Waals surface area contributed by atoms with Crippen LogP contribution in [0.3, 0.4) is 0 Å². The number of nitrogens with zero attached hydrogens (tertiary/aromatic N) is 1. The van der Waals surface area contributed by atoms with Crippen LogP contribution >= 0.6 is 0 Å². The van der Waals surface area contributed by atoms with Gasteiger partial charge in [-0.2, -0.15) is 5.10 Å². The number of aryl methyl sites for hydroxylation is 1. The van der Waals surface area contributed by atoms with Gasteiger partial charge in [0.2, 0.25) is 0 Å². The first-order valence-electron chi connectivity index (χ1n) is 4.31. The lowest BCUT2D eigenvalue weighted by Gasteiger charge is -2.02. The number of H-pyrrole nitrogens is 1. The Labute approximate surface area is 80.2 Å². The van der Waals surface area contributed by atoms with Gasteiger partial charge in [-0.3, -0.25) is 4.79 Å². The van der Waals surface area contributed by atoms with Crippen LogP contribution in [0, 0.1) is 6.92 Å². The van der Waals surface area contributed by atoms with Gasteiger partial charge in [0, 0.05) is 5.39 Å². The molecule has 1 heterocycles. The third-order valence-electron chi connectivity index (χ3n) is 2.17. The average Bonchev–Trinajstić information content (AvgIpc) is 2.18. The summed E-state index contributed by atoms with van der Waals surface area (Å²) in [6, 6.07) is 5.45. The lowest BCUT2D eigenvalue weighted by Crippen LogP contribution is -2.11. The van der Waals surface area contributed by atoms with Gasteiger partial charge in [-0.05, 0) is 19.1 Å². The van der Waals surface area contributed by atoms with Gasteiger partial charge in [-0.25, -0.2) is 5.10 Å². The third kappa shape index (κ3) is 1.29. The van der Waals surface area contributed by atoms with Crippen LogP contribution in [0.5, 0.6) is 0 Å². The Morgan fingerprint density at radius 3 is 2.93 bits per heavy atom. The number of hydrogen-bond donors (Lipinski definition) is 2. The first kappa shape index (κ1) is 8.90. The molecule has 2 rings (SSSR count). The molecular formula is C10H10N2O2. The van der Waals surface area contributed by atoms with Crippen molar-refractivity contribution >= 4 is 10.8 Å². The van der Waals surface area contributed by atoms with Gasteiger partial charge in [-0.1, -0.05) is 11.6 Å². The molecule has 1 aromatic heterocycles. The van der Waals surface area contributed by atoms with Gasteiger partial charge in [0.15, 0.2) is 0 Å². The monoisotopic (exact) mass is 190 g/mol. The number of aliphatic hydroxyl groups excluding tert-OH is 1. The van der Waals surface area contributed by atoms with Crippen molar-refractivity contribution in [3.8, 4) is 0 Å². The summed E-state index contributed by atoms with van der Waals surface area (Å²) in [6.07, 6.45) is 0. The number of rotatable bonds is 1. The average molecular weight is 190 g/mol. The van der Waals surface area contributed by atoms with Gasteiger partial charge >= 0.3 is 0 Å². The molecule has 0 amide bonds. The van der Waals surface area contributed by atoms with Gasteiger partial charge in [-0.15, -0.1) is 0 Å². The SMILES string of the molecule is Cc1ccc2c(=O)[nH]nc(CO)c2c1. The van der Waals surface area contributed by atoms with Crippen molar-refractivity contribution in [2.75, 3.05) is 0 Å². The van der Waals surface area contributed by atoms with E-state index >= 15 is 0 Å². The molecule has 0 aliphatic carbocycles. The van der Waals surface area contributed by atoms with E-state index < -0.39 is 0 Å². The van der Waals surface area contributed by atoms with Gasteiger partial charge in [0.25, 0.3) is 5.56 Å². The third-order valence-corrected chi connectivity index (χ3v) is 2.17. The quantitative estimate of drug-likeness (QED) is 0.696. The van der Waals surface area contributed by atoms with Gasteiger partial charge in [0.05, 0.1) is 17.7 Å². The largest absolute Gasteiger partial charge is 0.390 e. The molecule has 14 heavy (non-hydrogen) atoms. The smallest absolute Gasteiger partial charge is 0.272 e. The molecule has 0 spiro atoms. The van der Waals surface area contributed by atoms with E-state index in [-0.39, 0.29) is 12.2 Å². The Kier molecular flexibility index (Phi) is 2.05. The van der Waals surface area contributed by atoms with Crippen molar-refractivity contribution in [1.82, 2.24) is 10.2 Å². The first-order chi connectivity index (χ1) is 6.72. The Morgan fingerprint density at radius 1 is 1.43 bits per heavy atom. The van der Waals surface area contributed by atoms with E-state index in [1.165, 1.54) is 0 Å². The summed E-state index contributed by atoms with van der Waals surface area (Å²) in [5.74, 6) is 0. The van der Waals surface area contributed by atoms with E-state index in [4.69, 9.17) is 5.11 Å². The maximum Gasteiger partial charge on any atom is 0.272 e. The Balaban J connectivity index is 2.92. The van der Waals surface area contributed by atoms with Crippen LogP contribution in [0.25, 0.3) is 10.8 Å². The summed E-state index contributed by atoms with van der Waals surface area (Å²) in [6.45, 7) is 1.76. The minimum absolute atomic E-state index is 0.170. The minimum Gasteiger partial charge on any atom is -0.390 e. The van der Waals surface area contributed by atoms with Gasteiger partial charge in [0.1, 0.15) is 0 Å². The lowest BCUT2D eigenvalue weighted by atomic mass is 10.1. The summed E-state index contributed by atoms with van der Waals surface area (Å²) in [4.78, 5) is 11.4.